The number of aromatic nitrogens is 1. The lowest BCUT2D eigenvalue weighted by molar-refractivity contribution is 0.100. The van der Waals surface area contributed by atoms with Crippen LogP contribution in [0.5, 0.6) is 0 Å². The Morgan fingerprint density at radius 2 is 2.13 bits per heavy atom. The molecule has 0 saturated heterocycles. The van der Waals surface area contributed by atoms with E-state index in [1.165, 1.54) is 0 Å². The molecule has 77 valence electrons. The van der Waals surface area contributed by atoms with E-state index in [1.807, 2.05) is 27.0 Å². The van der Waals surface area contributed by atoms with Gasteiger partial charge >= 0.3 is 0 Å². The number of amides is 1. The predicted molar refractivity (Wildman–Crippen MR) is 59.7 cm³/mol. The number of carbonyl (C=O) groups excluding carboxylic acids is 1. The summed E-state index contributed by atoms with van der Waals surface area (Å²) in [7, 11) is 1.98. The van der Waals surface area contributed by atoms with Gasteiger partial charge in [0.05, 0.1) is 5.56 Å². The zero-order valence-corrected chi connectivity index (χ0v) is 9.09. The van der Waals surface area contributed by atoms with E-state index in [0.29, 0.717) is 5.56 Å². The fourth-order valence-electron chi connectivity index (χ4n) is 1.95. The monoisotopic (exact) mass is 201 g/mol. The molecule has 0 bridgehead atoms. The first-order valence-electron chi connectivity index (χ1n) is 4.80. The van der Waals surface area contributed by atoms with Crippen molar-refractivity contribution in [3.05, 3.63) is 35.0 Å². The van der Waals surface area contributed by atoms with Gasteiger partial charge in [-0.1, -0.05) is 6.07 Å². The van der Waals surface area contributed by atoms with E-state index in [2.05, 4.69) is 10.6 Å². The van der Waals surface area contributed by atoms with E-state index >= 15 is 0 Å². The van der Waals surface area contributed by atoms with E-state index in [-0.39, 0.29) is 0 Å². The molecule has 0 spiro atoms. The summed E-state index contributed by atoms with van der Waals surface area (Å²) < 4.78 is 2.06. The summed E-state index contributed by atoms with van der Waals surface area (Å²) in [4.78, 5) is 11.3. The van der Waals surface area contributed by atoms with Gasteiger partial charge < -0.3 is 10.3 Å². The number of fused-ring (bicyclic) bond motifs is 1. The molecule has 0 fully saturated rings. The van der Waals surface area contributed by atoms with Gasteiger partial charge in [-0.2, -0.15) is 0 Å². The highest BCUT2D eigenvalue weighted by atomic mass is 16.1. The van der Waals surface area contributed by atoms with Crippen LogP contribution in [-0.2, 0) is 7.05 Å². The molecule has 2 N–H and O–H groups in total. The van der Waals surface area contributed by atoms with Crippen molar-refractivity contribution in [2.75, 3.05) is 0 Å². The van der Waals surface area contributed by atoms with Gasteiger partial charge in [0, 0.05) is 23.6 Å². The second kappa shape index (κ2) is 3.12. The molecule has 0 unspecified atom stereocenters. The molecule has 1 aromatic heterocycles. The van der Waals surface area contributed by atoms with E-state index in [4.69, 9.17) is 5.73 Å². The number of nitrogens with two attached hydrogens (primary N) is 1. The molecule has 2 rings (SSSR count). The molecule has 1 radical (unpaired) electrons. The zero-order valence-electron chi connectivity index (χ0n) is 9.09. The molecule has 0 atom stereocenters. The van der Waals surface area contributed by atoms with Gasteiger partial charge in [0.2, 0.25) is 5.91 Å². The van der Waals surface area contributed by atoms with Crippen LogP contribution in [-0.4, -0.2) is 10.5 Å². The topological polar surface area (TPSA) is 48.0 Å². The summed E-state index contributed by atoms with van der Waals surface area (Å²) in [5, 5.41) is 0.921. The van der Waals surface area contributed by atoms with Crippen molar-refractivity contribution < 1.29 is 4.79 Å². The minimum absolute atomic E-state index is 0.422. The molecular formula is C12H13N2O. The van der Waals surface area contributed by atoms with E-state index in [1.54, 1.807) is 6.07 Å². The molecule has 0 aliphatic heterocycles. The van der Waals surface area contributed by atoms with Crippen LogP contribution in [0.2, 0.25) is 0 Å². The number of aryl methyl sites for hydroxylation is 2. The van der Waals surface area contributed by atoms with E-state index in [9.17, 15) is 4.79 Å². The lowest BCUT2D eigenvalue weighted by atomic mass is 10.1. The molecule has 1 heterocycles. The number of hydrogen-bond donors (Lipinski definition) is 1. The van der Waals surface area contributed by atoms with Gasteiger partial charge in [-0.15, -0.1) is 0 Å². The van der Waals surface area contributed by atoms with Gasteiger partial charge in [0.15, 0.2) is 0 Å². The Balaban J connectivity index is 2.98. The lowest BCUT2D eigenvalue weighted by Crippen LogP contribution is -2.11. The molecule has 3 nitrogen and oxygen atoms in total. The molecule has 15 heavy (non-hydrogen) atoms. The minimum atomic E-state index is -0.422. The molecule has 3 heteroatoms. The maximum atomic E-state index is 11.3. The summed E-state index contributed by atoms with van der Waals surface area (Å²) in [5.41, 5.74) is 9.08. The van der Waals surface area contributed by atoms with Crippen molar-refractivity contribution in [3.63, 3.8) is 0 Å². The standard InChI is InChI=1S/C12H13N2O/c1-7-8(2)14(3)10-6-4-5-9(11(7)10)12(13)15/h4,6H,1-3H3,(H2,13,15). The zero-order chi connectivity index (χ0) is 11.2. The molecule has 0 saturated carbocycles. The summed E-state index contributed by atoms with van der Waals surface area (Å²) in [6, 6.07) is 6.59. The molecule has 1 aromatic carbocycles. The maximum Gasteiger partial charge on any atom is 0.250 e. The second-order valence-corrected chi connectivity index (χ2v) is 3.75. The average Bonchev–Trinajstić information content (AvgIpc) is 2.44. The fourth-order valence-corrected chi connectivity index (χ4v) is 1.95. The van der Waals surface area contributed by atoms with Crippen LogP contribution in [0.4, 0.5) is 0 Å². The highest BCUT2D eigenvalue weighted by Gasteiger charge is 2.14. The van der Waals surface area contributed by atoms with Crippen LogP contribution in [0.1, 0.15) is 21.6 Å². The third kappa shape index (κ3) is 1.23. The predicted octanol–water partition coefficient (Wildman–Crippen LogP) is 1.69. The maximum absolute atomic E-state index is 11.3. The van der Waals surface area contributed by atoms with Crippen LogP contribution >= 0.6 is 0 Å². The fraction of sp³-hybridized carbons (Fsp3) is 0.250. The van der Waals surface area contributed by atoms with E-state index in [0.717, 1.165) is 22.2 Å². The van der Waals surface area contributed by atoms with Crippen LogP contribution in [0.25, 0.3) is 10.9 Å². The van der Waals surface area contributed by atoms with Gasteiger partial charge in [-0.05, 0) is 31.5 Å². The minimum Gasteiger partial charge on any atom is -0.366 e. The Bertz CT molecular complexity index is 552. The van der Waals surface area contributed by atoms with Crippen LogP contribution in [0, 0.1) is 19.9 Å². The van der Waals surface area contributed by atoms with Gasteiger partial charge in [0.1, 0.15) is 0 Å². The first-order valence-corrected chi connectivity index (χ1v) is 4.80. The molecule has 0 aliphatic rings. The Hall–Kier alpha value is -1.77. The summed E-state index contributed by atoms with van der Waals surface area (Å²) >= 11 is 0. The first-order chi connectivity index (χ1) is 7.04. The number of benzene rings is 1. The lowest BCUT2D eigenvalue weighted by Gasteiger charge is -2.00. The van der Waals surface area contributed by atoms with Crippen molar-refractivity contribution in [2.45, 2.75) is 13.8 Å². The number of rotatable bonds is 1. The Morgan fingerprint density at radius 3 is 2.73 bits per heavy atom. The average molecular weight is 201 g/mol. The summed E-state index contributed by atoms with van der Waals surface area (Å²) in [5.74, 6) is -0.422. The number of carbonyl (C=O) groups is 1. The Morgan fingerprint density at radius 1 is 1.47 bits per heavy atom. The van der Waals surface area contributed by atoms with Crippen molar-refractivity contribution >= 4 is 16.8 Å². The largest absolute Gasteiger partial charge is 0.366 e. The van der Waals surface area contributed by atoms with Crippen molar-refractivity contribution in [1.29, 1.82) is 0 Å². The van der Waals surface area contributed by atoms with Crippen LogP contribution in [0.15, 0.2) is 12.1 Å². The smallest absolute Gasteiger partial charge is 0.250 e. The quantitative estimate of drug-likeness (QED) is 0.750. The Kier molecular flexibility index (Phi) is 2.03. The van der Waals surface area contributed by atoms with Gasteiger partial charge in [0.25, 0.3) is 0 Å². The van der Waals surface area contributed by atoms with Crippen LogP contribution in [0.3, 0.4) is 0 Å². The van der Waals surface area contributed by atoms with E-state index < -0.39 is 5.91 Å². The van der Waals surface area contributed by atoms with Gasteiger partial charge in [-0.25, -0.2) is 0 Å². The van der Waals surface area contributed by atoms with Crippen LogP contribution < -0.4 is 5.73 Å². The number of primary amides is 1. The summed E-state index contributed by atoms with van der Waals surface area (Å²) in [6.45, 7) is 4.03. The van der Waals surface area contributed by atoms with Crippen molar-refractivity contribution in [2.24, 2.45) is 12.8 Å². The Labute approximate surface area is 88.5 Å². The SMILES string of the molecule is Cc1c(C)n(C)c2cc[c]c(C(N)=O)c12. The first kappa shape index (κ1) is 9.77. The molecule has 1 amide bonds. The van der Waals surface area contributed by atoms with Crippen molar-refractivity contribution in [3.8, 4) is 0 Å². The summed E-state index contributed by atoms with van der Waals surface area (Å²) in [6.07, 6.45) is 0. The number of hydrogen-bond acceptors (Lipinski definition) is 1. The number of nitrogens with zero attached hydrogens (tertiary/aromatic N) is 1. The molecule has 0 aliphatic carbocycles. The van der Waals surface area contributed by atoms with Crippen molar-refractivity contribution in [1.82, 2.24) is 4.57 Å². The highest BCUT2D eigenvalue weighted by Crippen LogP contribution is 2.26. The molecular weight excluding hydrogens is 188 g/mol. The second-order valence-electron chi connectivity index (χ2n) is 3.75. The highest BCUT2D eigenvalue weighted by molar-refractivity contribution is 6.07. The third-order valence-electron chi connectivity index (χ3n) is 3.00. The third-order valence-corrected chi connectivity index (χ3v) is 3.00. The normalized spacial score (nSPS) is 10.9. The molecule has 2 aromatic rings. The van der Waals surface area contributed by atoms with Gasteiger partial charge in [-0.3, -0.25) is 4.79 Å².